The van der Waals surface area contributed by atoms with Crippen LogP contribution >= 0.6 is 0 Å². The van der Waals surface area contributed by atoms with Gasteiger partial charge in [-0.3, -0.25) is 22.8 Å². The lowest BCUT2D eigenvalue weighted by Gasteiger charge is -2.16. The molecular weight excluding hydrogens is 999 g/mol. The summed E-state index contributed by atoms with van der Waals surface area (Å²) in [5, 5.41) is 27.6. The highest BCUT2D eigenvalue weighted by Gasteiger charge is 2.28. The highest BCUT2D eigenvalue weighted by Crippen LogP contribution is 2.48. The maximum atomic E-state index is 12.9. The van der Waals surface area contributed by atoms with Crippen LogP contribution < -0.4 is 10.1 Å². The largest absolute Gasteiger partial charge is 0.504 e. The van der Waals surface area contributed by atoms with E-state index in [0.717, 1.165) is 43.5 Å². The molecule has 0 aliphatic rings. The van der Waals surface area contributed by atoms with Gasteiger partial charge in [-0.25, -0.2) is 25.2 Å². The monoisotopic (exact) mass is 1030 g/mol. The van der Waals surface area contributed by atoms with E-state index in [1.54, 1.807) is 0 Å². The van der Waals surface area contributed by atoms with E-state index < -0.39 is 145 Å². The van der Waals surface area contributed by atoms with E-state index in [9.17, 15) is 77.7 Å². The smallest absolute Gasteiger partial charge is 0.397 e. The zero-order valence-corrected chi connectivity index (χ0v) is 36.7. The van der Waals surface area contributed by atoms with Crippen molar-refractivity contribution < 1.29 is 99.9 Å². The third-order valence-electron chi connectivity index (χ3n) is 7.67. The second-order valence-corrected chi connectivity index (χ2v) is 22.6. The number of azo groups is 2. The van der Waals surface area contributed by atoms with Crippen LogP contribution in [-0.2, 0) is 79.2 Å². The van der Waals surface area contributed by atoms with E-state index in [-0.39, 0.29) is 33.1 Å². The van der Waals surface area contributed by atoms with Gasteiger partial charge < -0.3 is 15.2 Å². The fraction of sp³-hybridized carbons (Fsp3) is 0.214. The molecule has 0 aromatic heterocycles. The van der Waals surface area contributed by atoms with Crippen molar-refractivity contribution in [3.05, 3.63) is 54.6 Å². The van der Waals surface area contributed by atoms with Gasteiger partial charge in [0.2, 0.25) is 0 Å². The van der Waals surface area contributed by atoms with Gasteiger partial charge in [-0.2, -0.15) is 47.2 Å². The fourth-order valence-electron chi connectivity index (χ4n) is 4.99. The molecule has 0 saturated heterocycles. The lowest BCUT2D eigenvalue weighted by molar-refractivity contribution is 0.282. The average molecular weight is 1030 g/mol. The molecule has 0 spiro atoms. The predicted molar refractivity (Wildman–Crippen MR) is 212 cm³/mol. The van der Waals surface area contributed by atoms with Crippen molar-refractivity contribution in [2.24, 2.45) is 20.5 Å². The van der Waals surface area contributed by atoms with Gasteiger partial charge in [0.05, 0.1) is 53.0 Å². The Hall–Kier alpha value is -4.89. The second-order valence-electron chi connectivity index (χ2n) is 12.0. The summed E-state index contributed by atoms with van der Waals surface area (Å²) in [4.78, 5) is -4.13. The van der Waals surface area contributed by atoms with Gasteiger partial charge in [-0.05, 0) is 54.6 Å². The van der Waals surface area contributed by atoms with Crippen molar-refractivity contribution in [3.63, 3.8) is 0 Å². The Kier molecular flexibility index (Phi) is 15.0. The number of benzene rings is 4. The number of hydrogen-bond acceptors (Lipinski definition) is 23. The van der Waals surface area contributed by atoms with Crippen LogP contribution in [0.4, 0.5) is 28.4 Å². The molecule has 0 amide bonds. The summed E-state index contributed by atoms with van der Waals surface area (Å²) in [7, 11) is -33.9. The quantitative estimate of drug-likeness (QED) is 0.0493. The molecule has 0 aliphatic heterocycles. The van der Waals surface area contributed by atoms with Gasteiger partial charge in [0.25, 0.3) is 30.4 Å². The van der Waals surface area contributed by atoms with Crippen LogP contribution in [0.5, 0.6) is 11.5 Å². The number of sulfone groups is 2. The number of hydrogen-bond donors (Lipinski definition) is 7. The Morgan fingerprint density at radius 1 is 0.571 bits per heavy atom. The molecule has 35 heteroatoms. The first-order valence-electron chi connectivity index (χ1n) is 16.0. The molecule has 0 radical (unpaired) electrons. The summed E-state index contributed by atoms with van der Waals surface area (Å²) < 4.78 is 228. The molecule has 7 N–H and O–H groups in total. The third-order valence-corrected chi connectivity index (χ3v) is 14.2. The Bertz CT molecular complexity index is 3320. The molecule has 0 fully saturated rings. The second kappa shape index (κ2) is 18.7. The Morgan fingerprint density at radius 2 is 1.10 bits per heavy atom. The van der Waals surface area contributed by atoms with Gasteiger partial charge in [-0.15, -0.1) is 15.3 Å². The van der Waals surface area contributed by atoms with E-state index in [1.807, 2.05) is 0 Å². The molecule has 63 heavy (non-hydrogen) atoms. The molecule has 0 bridgehead atoms. The molecule has 28 nitrogen and oxygen atoms in total. The first-order chi connectivity index (χ1) is 28.7. The van der Waals surface area contributed by atoms with Crippen LogP contribution in [0.15, 0.2) is 94.6 Å². The van der Waals surface area contributed by atoms with Gasteiger partial charge in [-0.1, -0.05) is 0 Å². The topological polar surface area (TPSA) is 450 Å². The normalized spacial score (nSPS) is 13.6. The van der Waals surface area contributed by atoms with Gasteiger partial charge in [0.1, 0.15) is 32.7 Å². The van der Waals surface area contributed by atoms with Crippen molar-refractivity contribution >= 4 is 110 Å². The highest BCUT2D eigenvalue weighted by molar-refractivity contribution is 7.92. The van der Waals surface area contributed by atoms with Crippen LogP contribution in [0.25, 0.3) is 10.8 Å². The highest BCUT2D eigenvalue weighted by atomic mass is 32.3. The maximum Gasteiger partial charge on any atom is 0.397 e. The van der Waals surface area contributed by atoms with Crippen molar-refractivity contribution in [1.82, 2.24) is 0 Å². The minimum Gasteiger partial charge on any atom is -0.504 e. The van der Waals surface area contributed by atoms with Crippen LogP contribution in [0, 0.1) is 0 Å². The van der Waals surface area contributed by atoms with Crippen LogP contribution in [0.1, 0.15) is 0 Å². The number of ether oxygens (including phenoxy) is 1. The van der Waals surface area contributed by atoms with E-state index >= 15 is 0 Å². The van der Waals surface area contributed by atoms with Crippen molar-refractivity contribution in [3.8, 4) is 11.5 Å². The zero-order chi connectivity index (χ0) is 47.6. The molecule has 0 atom stereocenters. The average Bonchev–Trinajstić information content (AvgIpc) is 3.13. The summed E-state index contributed by atoms with van der Waals surface area (Å²) >= 11 is 0. The van der Waals surface area contributed by atoms with E-state index in [1.165, 1.54) is 0 Å². The molecule has 4 aromatic rings. The van der Waals surface area contributed by atoms with Gasteiger partial charge in [0.15, 0.2) is 31.2 Å². The molecule has 0 unspecified atom stereocenters. The number of aromatic hydroxyl groups is 1. The first kappa shape index (κ1) is 50.8. The van der Waals surface area contributed by atoms with E-state index in [2.05, 4.69) is 34.1 Å². The van der Waals surface area contributed by atoms with Crippen molar-refractivity contribution in [2.75, 3.05) is 43.0 Å². The van der Waals surface area contributed by atoms with Crippen LogP contribution in [0.3, 0.4) is 0 Å². The number of phenolic OH excluding ortho intramolecular Hbond substituents is 1. The molecular formula is C28H29N5O23S7. The molecule has 0 aliphatic carbocycles. The number of rotatable bonds is 20. The minimum absolute atomic E-state index is 0.118. The molecule has 346 valence electrons. The standard InChI is InChI=1S/C28H29N5O23S7/c1-54-28-19-6-7-21(29-15-59(39,40)41)25(32-30-16-2-4-17(5-3-16)57(35,36)10-8-55-62(48,49)50)20(19)14-23(60(42,43)44)26(28)33-31-22-12-18(13-24(27(22)34)61(45,46)47)58(37,38)11-9-56-63(51,52)53/h2-7,12-14,29,34H,8-11,15H2,1H3,(H,39,40,41)(H,42,43,44)(H,45,46,47)(H,48,49,50)(H,51,52,53)/b32-30+,33-31+. The predicted octanol–water partition coefficient (Wildman–Crippen LogP) is 2.32. The molecule has 4 aromatic carbocycles. The number of fused-ring (bicyclic) bond motifs is 1. The zero-order valence-electron chi connectivity index (χ0n) is 31.0. The molecule has 0 heterocycles. The Morgan fingerprint density at radius 3 is 1.59 bits per heavy atom. The summed E-state index contributed by atoms with van der Waals surface area (Å²) in [5.74, 6) is -5.38. The maximum absolute atomic E-state index is 12.9. The molecule has 4 rings (SSSR count). The van der Waals surface area contributed by atoms with E-state index in [4.69, 9.17) is 13.8 Å². The van der Waals surface area contributed by atoms with Gasteiger partial charge >= 0.3 is 20.8 Å². The number of anilines is 1. The van der Waals surface area contributed by atoms with Crippen molar-refractivity contribution in [2.45, 2.75) is 19.6 Å². The van der Waals surface area contributed by atoms with Gasteiger partial charge in [0, 0.05) is 10.8 Å². The van der Waals surface area contributed by atoms with Crippen molar-refractivity contribution in [1.29, 1.82) is 0 Å². The summed E-state index contributed by atoms with van der Waals surface area (Å²) in [5.41, 5.74) is -2.90. The fourth-order valence-corrected chi connectivity index (χ4v) is 9.69. The Labute approximate surface area is 357 Å². The summed E-state index contributed by atoms with van der Waals surface area (Å²) in [6, 6.07) is 7.79. The Balaban J connectivity index is 1.93. The van der Waals surface area contributed by atoms with Crippen LogP contribution in [-0.4, -0.2) is 125 Å². The van der Waals surface area contributed by atoms with Crippen LogP contribution in [0.2, 0.25) is 0 Å². The summed E-state index contributed by atoms with van der Waals surface area (Å²) in [6.07, 6.45) is 0. The first-order valence-corrected chi connectivity index (χ1v) is 26.6. The SMILES string of the molecule is COc1c(/N=N/c2cc(S(=O)(=O)CCOS(=O)(=O)O)cc(S(=O)(=O)O)c2O)c(S(=O)(=O)O)cc2c(/N=N/c3ccc(S(=O)(=O)CCOS(=O)(=O)O)cc3)c(NCS(=O)(=O)O)ccc12. The number of nitrogens with one attached hydrogen (secondary N) is 1. The number of phenols is 1. The molecule has 0 saturated carbocycles. The minimum atomic E-state index is -5.48. The number of nitrogens with zero attached hydrogens (tertiary/aromatic N) is 4. The summed E-state index contributed by atoms with van der Waals surface area (Å²) in [6.45, 7) is -2.14. The number of methoxy groups -OCH3 is 1. The lowest BCUT2D eigenvalue weighted by atomic mass is 10.0. The van der Waals surface area contributed by atoms with E-state index in [0.29, 0.717) is 12.1 Å². The lowest BCUT2D eigenvalue weighted by Crippen LogP contribution is -2.16. The third kappa shape index (κ3) is 13.8.